The van der Waals surface area contributed by atoms with Gasteiger partial charge in [0.1, 0.15) is 4.90 Å². The lowest BCUT2D eigenvalue weighted by molar-refractivity contribution is 0.211. The third kappa shape index (κ3) is 3.85. The van der Waals surface area contributed by atoms with E-state index in [1.165, 1.54) is 6.07 Å². The molecular formula is C13H19ClFN3O2S. The summed E-state index contributed by atoms with van der Waals surface area (Å²) < 4.78 is 41.2. The number of hydrogen-bond acceptors (Lipinski definition) is 4. The van der Waals surface area contributed by atoms with Crippen molar-refractivity contribution in [2.75, 3.05) is 25.4 Å². The molecule has 0 radical (unpaired) electrons. The molecule has 3 N–H and O–H groups in total. The third-order valence-corrected chi connectivity index (χ3v) is 5.38. The van der Waals surface area contributed by atoms with Crippen LogP contribution < -0.4 is 10.5 Å². The molecule has 1 unspecified atom stereocenters. The van der Waals surface area contributed by atoms with Gasteiger partial charge < -0.3 is 10.6 Å². The van der Waals surface area contributed by atoms with Crippen LogP contribution in [0.5, 0.6) is 0 Å². The molecule has 1 fully saturated rings. The highest BCUT2D eigenvalue weighted by molar-refractivity contribution is 7.89. The molecule has 118 valence electrons. The highest BCUT2D eigenvalue weighted by atomic mass is 35.5. The number of nitrogens with zero attached hydrogens (tertiary/aromatic N) is 1. The van der Waals surface area contributed by atoms with Gasteiger partial charge in [0.05, 0.1) is 5.02 Å². The fraction of sp³-hybridized carbons (Fsp3) is 0.538. The molecule has 0 saturated carbocycles. The molecule has 1 heterocycles. The van der Waals surface area contributed by atoms with E-state index < -0.39 is 20.7 Å². The van der Waals surface area contributed by atoms with Crippen LogP contribution in [0.1, 0.15) is 19.8 Å². The van der Waals surface area contributed by atoms with Gasteiger partial charge in [0.25, 0.3) is 0 Å². The van der Waals surface area contributed by atoms with Gasteiger partial charge in [0.2, 0.25) is 10.0 Å². The molecule has 0 aromatic heterocycles. The van der Waals surface area contributed by atoms with Gasteiger partial charge in [0.15, 0.2) is 5.82 Å². The van der Waals surface area contributed by atoms with Crippen LogP contribution >= 0.6 is 11.6 Å². The Kier molecular flexibility index (Phi) is 5.08. The zero-order valence-electron chi connectivity index (χ0n) is 11.8. The molecule has 0 amide bonds. The molecule has 0 aliphatic carbocycles. The number of likely N-dealkylation sites (tertiary alicyclic amines) is 1. The lowest BCUT2D eigenvalue weighted by Gasteiger charge is -2.32. The molecule has 21 heavy (non-hydrogen) atoms. The number of piperidine rings is 1. The molecule has 1 aliphatic heterocycles. The summed E-state index contributed by atoms with van der Waals surface area (Å²) in [4.78, 5) is 1.65. The van der Waals surface area contributed by atoms with E-state index in [1.807, 2.05) is 6.92 Å². The summed E-state index contributed by atoms with van der Waals surface area (Å²) in [5.74, 6) is -0.971. The number of anilines is 1. The fourth-order valence-corrected chi connectivity index (χ4v) is 4.18. The minimum atomic E-state index is -3.98. The second kappa shape index (κ2) is 6.48. The van der Waals surface area contributed by atoms with Crippen LogP contribution in [-0.4, -0.2) is 39.0 Å². The smallest absolute Gasteiger partial charge is 0.243 e. The number of benzene rings is 1. The SMILES string of the molecule is CCN1CCCC(NS(=O)(=O)c2cc(N)cc(Cl)c2F)C1. The summed E-state index contributed by atoms with van der Waals surface area (Å²) in [5, 5.41) is -0.297. The minimum Gasteiger partial charge on any atom is -0.399 e. The van der Waals surface area contributed by atoms with Crippen molar-refractivity contribution in [2.24, 2.45) is 0 Å². The summed E-state index contributed by atoms with van der Waals surface area (Å²) >= 11 is 5.66. The Hall–Kier alpha value is -0.890. The highest BCUT2D eigenvalue weighted by Crippen LogP contribution is 2.26. The largest absolute Gasteiger partial charge is 0.399 e. The first-order valence-electron chi connectivity index (χ1n) is 6.82. The van der Waals surface area contributed by atoms with Crippen molar-refractivity contribution in [3.05, 3.63) is 23.0 Å². The first-order chi connectivity index (χ1) is 9.83. The number of sulfonamides is 1. The summed E-state index contributed by atoms with van der Waals surface area (Å²) in [5.41, 5.74) is 5.66. The van der Waals surface area contributed by atoms with E-state index in [0.717, 1.165) is 32.0 Å². The maximum atomic E-state index is 14.0. The lowest BCUT2D eigenvalue weighted by atomic mass is 10.1. The molecule has 1 aromatic rings. The van der Waals surface area contributed by atoms with E-state index >= 15 is 0 Å². The van der Waals surface area contributed by atoms with Crippen molar-refractivity contribution in [3.8, 4) is 0 Å². The average Bonchev–Trinajstić information content (AvgIpc) is 2.42. The van der Waals surface area contributed by atoms with E-state index in [2.05, 4.69) is 9.62 Å². The summed E-state index contributed by atoms with van der Waals surface area (Å²) in [6.07, 6.45) is 1.63. The van der Waals surface area contributed by atoms with Crippen LogP contribution in [0, 0.1) is 5.82 Å². The molecule has 8 heteroatoms. The first-order valence-corrected chi connectivity index (χ1v) is 8.69. The molecule has 1 aliphatic rings. The molecule has 1 saturated heterocycles. The zero-order valence-corrected chi connectivity index (χ0v) is 13.3. The number of nitrogen functional groups attached to an aromatic ring is 1. The fourth-order valence-electron chi connectivity index (χ4n) is 2.50. The topological polar surface area (TPSA) is 75.4 Å². The van der Waals surface area contributed by atoms with Gasteiger partial charge in [-0.15, -0.1) is 0 Å². The zero-order chi connectivity index (χ0) is 15.6. The summed E-state index contributed by atoms with van der Waals surface area (Å²) in [6.45, 7) is 4.45. The van der Waals surface area contributed by atoms with Crippen molar-refractivity contribution in [1.82, 2.24) is 9.62 Å². The maximum Gasteiger partial charge on any atom is 0.243 e. The quantitative estimate of drug-likeness (QED) is 0.823. The Morgan fingerprint density at radius 3 is 2.90 bits per heavy atom. The van der Waals surface area contributed by atoms with E-state index in [4.69, 9.17) is 17.3 Å². The number of nitrogens with one attached hydrogen (secondary N) is 1. The van der Waals surface area contributed by atoms with Gasteiger partial charge in [-0.05, 0) is 38.1 Å². The molecule has 0 spiro atoms. The van der Waals surface area contributed by atoms with Crippen molar-refractivity contribution in [2.45, 2.75) is 30.7 Å². The highest BCUT2D eigenvalue weighted by Gasteiger charge is 2.27. The van der Waals surface area contributed by atoms with Crippen LogP contribution in [-0.2, 0) is 10.0 Å². The number of likely N-dealkylation sites (N-methyl/N-ethyl adjacent to an activating group) is 1. The van der Waals surface area contributed by atoms with Crippen molar-refractivity contribution in [1.29, 1.82) is 0 Å². The molecule has 1 atom stereocenters. The van der Waals surface area contributed by atoms with Crippen LogP contribution in [0.25, 0.3) is 0 Å². The number of rotatable bonds is 4. The van der Waals surface area contributed by atoms with Gasteiger partial charge in [0, 0.05) is 18.3 Å². The normalized spacial score (nSPS) is 20.6. The van der Waals surface area contributed by atoms with E-state index in [-0.39, 0.29) is 16.8 Å². The predicted molar refractivity (Wildman–Crippen MR) is 81.3 cm³/mol. The van der Waals surface area contributed by atoms with Crippen molar-refractivity contribution in [3.63, 3.8) is 0 Å². The average molecular weight is 336 g/mol. The Bertz CT molecular complexity index is 624. The van der Waals surface area contributed by atoms with Gasteiger partial charge in [-0.25, -0.2) is 17.5 Å². The van der Waals surface area contributed by atoms with Crippen LogP contribution in [0.2, 0.25) is 5.02 Å². The molecule has 5 nitrogen and oxygen atoms in total. The van der Waals surface area contributed by atoms with E-state index in [9.17, 15) is 12.8 Å². The Morgan fingerprint density at radius 1 is 1.52 bits per heavy atom. The van der Waals surface area contributed by atoms with E-state index in [1.54, 1.807) is 0 Å². The first kappa shape index (κ1) is 16.5. The lowest BCUT2D eigenvalue weighted by Crippen LogP contribution is -2.47. The Balaban J connectivity index is 2.23. The van der Waals surface area contributed by atoms with Crippen LogP contribution in [0.4, 0.5) is 10.1 Å². The van der Waals surface area contributed by atoms with Gasteiger partial charge >= 0.3 is 0 Å². The van der Waals surface area contributed by atoms with Crippen molar-refractivity contribution >= 4 is 27.3 Å². The Morgan fingerprint density at radius 2 is 2.24 bits per heavy atom. The standard InChI is InChI=1S/C13H19ClFN3O2S/c1-2-18-5-3-4-10(8-18)17-21(19,20)12-7-9(16)6-11(14)13(12)15/h6-7,10,17H,2-5,8,16H2,1H3. The summed E-state index contributed by atoms with van der Waals surface area (Å²) in [7, 11) is -3.98. The van der Waals surface area contributed by atoms with Gasteiger partial charge in [-0.2, -0.15) is 0 Å². The van der Waals surface area contributed by atoms with Crippen molar-refractivity contribution < 1.29 is 12.8 Å². The second-order valence-electron chi connectivity index (χ2n) is 5.17. The number of halogens is 2. The van der Waals surface area contributed by atoms with Crippen LogP contribution in [0.3, 0.4) is 0 Å². The Labute approximate surface area is 129 Å². The van der Waals surface area contributed by atoms with Gasteiger partial charge in [-0.1, -0.05) is 18.5 Å². The monoisotopic (exact) mass is 335 g/mol. The maximum absolute atomic E-state index is 14.0. The number of nitrogens with two attached hydrogens (primary N) is 1. The predicted octanol–water partition coefficient (Wildman–Crippen LogP) is 1.82. The molecule has 1 aromatic carbocycles. The summed E-state index contributed by atoms with van der Waals surface area (Å²) in [6, 6.07) is 2.04. The van der Waals surface area contributed by atoms with Crippen LogP contribution in [0.15, 0.2) is 17.0 Å². The second-order valence-corrected chi connectivity index (χ2v) is 7.26. The minimum absolute atomic E-state index is 0.112. The third-order valence-electron chi connectivity index (χ3n) is 3.58. The number of hydrogen-bond donors (Lipinski definition) is 2. The molecule has 2 rings (SSSR count). The molecule has 0 bridgehead atoms. The van der Waals surface area contributed by atoms with Gasteiger partial charge in [-0.3, -0.25) is 0 Å². The van der Waals surface area contributed by atoms with E-state index in [0.29, 0.717) is 6.54 Å². The molecular weight excluding hydrogens is 317 g/mol.